The zero-order chi connectivity index (χ0) is 13.4. The first-order valence-corrected chi connectivity index (χ1v) is 7.73. The van der Waals surface area contributed by atoms with Crippen molar-refractivity contribution in [1.82, 2.24) is 0 Å². The quantitative estimate of drug-likeness (QED) is 0.909. The van der Waals surface area contributed by atoms with Crippen LogP contribution in [0.5, 0.6) is 0 Å². The Morgan fingerprint density at radius 3 is 2.84 bits per heavy atom. The fourth-order valence-corrected chi connectivity index (χ4v) is 4.09. The number of aryl methyl sites for hydroxylation is 1. The van der Waals surface area contributed by atoms with Crippen LogP contribution < -0.4 is 10.6 Å². The van der Waals surface area contributed by atoms with Gasteiger partial charge >= 0.3 is 0 Å². The lowest BCUT2D eigenvalue weighted by Crippen LogP contribution is -2.36. The van der Waals surface area contributed by atoms with Crippen LogP contribution in [0.4, 0.5) is 5.69 Å². The van der Waals surface area contributed by atoms with Crippen LogP contribution in [0.15, 0.2) is 45.2 Å². The van der Waals surface area contributed by atoms with Crippen LogP contribution in [0.25, 0.3) is 0 Å². The van der Waals surface area contributed by atoms with Crippen LogP contribution in [-0.4, -0.2) is 12.5 Å². The van der Waals surface area contributed by atoms with Gasteiger partial charge in [0.2, 0.25) is 0 Å². The number of benzene rings is 1. The van der Waals surface area contributed by atoms with Gasteiger partial charge < -0.3 is 10.6 Å². The molecule has 0 spiro atoms. The smallest absolute Gasteiger partial charge is 0.196 e. The largest absolute Gasteiger partial charge is 0.369 e. The number of para-hydroxylation sites is 1. The van der Waals surface area contributed by atoms with Gasteiger partial charge in [-0.25, -0.2) is 0 Å². The normalized spacial score (nSPS) is 18.7. The molecule has 1 atom stereocenters. The Labute approximate surface area is 124 Å². The van der Waals surface area contributed by atoms with E-state index in [4.69, 9.17) is 5.73 Å². The van der Waals surface area contributed by atoms with Crippen LogP contribution in [0.2, 0.25) is 0 Å². The lowest BCUT2D eigenvalue weighted by atomic mass is 10.1. The van der Waals surface area contributed by atoms with Gasteiger partial charge in [0, 0.05) is 15.0 Å². The van der Waals surface area contributed by atoms with Gasteiger partial charge in [0.15, 0.2) is 5.96 Å². The van der Waals surface area contributed by atoms with Crippen molar-refractivity contribution >= 4 is 38.9 Å². The topological polar surface area (TPSA) is 41.6 Å². The monoisotopic (exact) mass is 335 g/mol. The zero-order valence-corrected chi connectivity index (χ0v) is 12.9. The Morgan fingerprint density at radius 2 is 2.16 bits per heavy atom. The molecular weight excluding hydrogens is 322 g/mol. The molecule has 1 unspecified atom stereocenters. The summed E-state index contributed by atoms with van der Waals surface area (Å²) in [5.41, 5.74) is 8.43. The number of nitrogens with zero attached hydrogens (tertiary/aromatic N) is 2. The summed E-state index contributed by atoms with van der Waals surface area (Å²) >= 11 is 5.34. The van der Waals surface area contributed by atoms with Crippen molar-refractivity contribution < 1.29 is 0 Å². The highest BCUT2D eigenvalue weighted by Gasteiger charge is 2.31. The SMILES string of the molecule is Cc1ccccc1N1C(N)=NCC1c1sccc1Br. The maximum absolute atomic E-state index is 6.09. The standard InChI is InChI=1S/C14H14BrN3S/c1-9-4-2-3-5-11(9)18-12(8-17-14(18)16)13-10(15)6-7-19-13/h2-7,12H,8H2,1H3,(H2,16,17). The summed E-state index contributed by atoms with van der Waals surface area (Å²) in [5, 5.41) is 2.09. The summed E-state index contributed by atoms with van der Waals surface area (Å²) in [5.74, 6) is 0.597. The van der Waals surface area contributed by atoms with Crippen LogP contribution in [0, 0.1) is 6.92 Å². The first-order chi connectivity index (χ1) is 9.18. The van der Waals surface area contributed by atoms with Gasteiger partial charge in [-0.1, -0.05) is 18.2 Å². The molecule has 0 aliphatic carbocycles. The molecule has 1 aliphatic heterocycles. The summed E-state index contributed by atoms with van der Waals surface area (Å²) in [7, 11) is 0. The molecular formula is C14H14BrN3S. The number of rotatable bonds is 2. The third-order valence-electron chi connectivity index (χ3n) is 3.31. The molecule has 19 heavy (non-hydrogen) atoms. The third kappa shape index (κ3) is 2.17. The molecule has 0 saturated carbocycles. The Morgan fingerprint density at radius 1 is 1.37 bits per heavy atom. The third-order valence-corrected chi connectivity index (χ3v) is 5.28. The average molecular weight is 336 g/mol. The number of aliphatic imine (C=N–C) groups is 1. The van der Waals surface area contributed by atoms with Crippen LogP contribution in [0.1, 0.15) is 16.5 Å². The molecule has 2 aromatic rings. The predicted octanol–water partition coefficient (Wildman–Crippen LogP) is 3.70. The predicted molar refractivity (Wildman–Crippen MR) is 84.9 cm³/mol. The molecule has 98 valence electrons. The van der Waals surface area contributed by atoms with Gasteiger partial charge in [-0.3, -0.25) is 4.99 Å². The first-order valence-electron chi connectivity index (χ1n) is 6.06. The number of hydrogen-bond donors (Lipinski definition) is 1. The Bertz CT molecular complexity index is 635. The Hall–Kier alpha value is -1.33. The van der Waals surface area contributed by atoms with E-state index >= 15 is 0 Å². The van der Waals surface area contributed by atoms with E-state index < -0.39 is 0 Å². The number of guanidine groups is 1. The van der Waals surface area contributed by atoms with E-state index in [0.717, 1.165) is 10.2 Å². The first kappa shape index (κ1) is 12.7. The molecule has 0 radical (unpaired) electrons. The minimum Gasteiger partial charge on any atom is -0.369 e. The van der Waals surface area contributed by atoms with Gasteiger partial charge in [0.05, 0.1) is 12.6 Å². The second kappa shape index (κ2) is 4.98. The molecule has 0 amide bonds. The minimum atomic E-state index is 0.190. The van der Waals surface area contributed by atoms with Crippen molar-refractivity contribution in [2.24, 2.45) is 10.7 Å². The fraction of sp³-hybridized carbons (Fsp3) is 0.214. The maximum Gasteiger partial charge on any atom is 0.196 e. The van der Waals surface area contributed by atoms with E-state index in [0.29, 0.717) is 12.5 Å². The van der Waals surface area contributed by atoms with E-state index in [2.05, 4.69) is 56.3 Å². The van der Waals surface area contributed by atoms with Crippen molar-refractivity contribution in [3.05, 3.63) is 50.6 Å². The molecule has 3 rings (SSSR count). The van der Waals surface area contributed by atoms with E-state index in [-0.39, 0.29) is 6.04 Å². The van der Waals surface area contributed by atoms with Crippen molar-refractivity contribution in [2.75, 3.05) is 11.4 Å². The van der Waals surface area contributed by atoms with E-state index in [1.165, 1.54) is 10.4 Å². The average Bonchev–Trinajstić information content (AvgIpc) is 2.96. The number of anilines is 1. The Kier molecular flexibility index (Phi) is 3.33. The summed E-state index contributed by atoms with van der Waals surface area (Å²) in [6, 6.07) is 10.5. The van der Waals surface area contributed by atoms with Crippen molar-refractivity contribution in [2.45, 2.75) is 13.0 Å². The second-order valence-corrected chi connectivity index (χ2v) is 6.31. The number of hydrogen-bond acceptors (Lipinski definition) is 4. The molecule has 1 aromatic carbocycles. The van der Waals surface area contributed by atoms with Gasteiger partial charge in [-0.2, -0.15) is 0 Å². The maximum atomic E-state index is 6.09. The summed E-state index contributed by atoms with van der Waals surface area (Å²) in [4.78, 5) is 7.82. The highest BCUT2D eigenvalue weighted by atomic mass is 79.9. The summed E-state index contributed by atoms with van der Waals surface area (Å²) in [6.07, 6.45) is 0. The van der Waals surface area contributed by atoms with Crippen LogP contribution >= 0.6 is 27.3 Å². The summed E-state index contributed by atoms with van der Waals surface area (Å²) in [6.45, 7) is 2.81. The molecule has 0 saturated heterocycles. The minimum absolute atomic E-state index is 0.190. The molecule has 5 heteroatoms. The zero-order valence-electron chi connectivity index (χ0n) is 10.5. The van der Waals surface area contributed by atoms with Crippen molar-refractivity contribution in [1.29, 1.82) is 0 Å². The highest BCUT2D eigenvalue weighted by molar-refractivity contribution is 9.10. The molecule has 1 aliphatic rings. The molecule has 3 nitrogen and oxygen atoms in total. The van der Waals surface area contributed by atoms with Crippen molar-refractivity contribution in [3.8, 4) is 0 Å². The second-order valence-electron chi connectivity index (χ2n) is 4.50. The lowest BCUT2D eigenvalue weighted by Gasteiger charge is -2.27. The van der Waals surface area contributed by atoms with Gasteiger partial charge in [-0.15, -0.1) is 11.3 Å². The van der Waals surface area contributed by atoms with Crippen LogP contribution in [-0.2, 0) is 0 Å². The van der Waals surface area contributed by atoms with Gasteiger partial charge in [-0.05, 0) is 45.9 Å². The summed E-state index contributed by atoms with van der Waals surface area (Å²) < 4.78 is 1.13. The van der Waals surface area contributed by atoms with E-state index in [9.17, 15) is 0 Å². The molecule has 0 fully saturated rings. The number of thiophene rings is 1. The molecule has 0 bridgehead atoms. The van der Waals surface area contributed by atoms with Crippen molar-refractivity contribution in [3.63, 3.8) is 0 Å². The Balaban J connectivity index is 2.05. The number of nitrogens with two attached hydrogens (primary N) is 1. The molecule has 1 aromatic heterocycles. The van der Waals surface area contributed by atoms with E-state index in [1.807, 2.05) is 12.1 Å². The van der Waals surface area contributed by atoms with Gasteiger partial charge in [0.1, 0.15) is 0 Å². The molecule has 2 N–H and O–H groups in total. The highest BCUT2D eigenvalue weighted by Crippen LogP contribution is 2.38. The van der Waals surface area contributed by atoms with Crippen LogP contribution in [0.3, 0.4) is 0 Å². The number of halogens is 1. The van der Waals surface area contributed by atoms with Gasteiger partial charge in [0.25, 0.3) is 0 Å². The fourth-order valence-electron chi connectivity index (χ4n) is 2.37. The lowest BCUT2D eigenvalue weighted by molar-refractivity contribution is 0.779. The molecule has 2 heterocycles. The van der Waals surface area contributed by atoms with E-state index in [1.54, 1.807) is 11.3 Å².